The van der Waals surface area contributed by atoms with Crippen molar-refractivity contribution in [2.45, 2.75) is 6.92 Å². The molecule has 1 N–H and O–H groups in total. The molecule has 0 bridgehead atoms. The van der Waals surface area contributed by atoms with Gasteiger partial charge in [-0.2, -0.15) is 5.10 Å². The van der Waals surface area contributed by atoms with Crippen LogP contribution in [-0.2, 0) is 0 Å². The third kappa shape index (κ3) is 2.01. The van der Waals surface area contributed by atoms with Crippen LogP contribution in [0, 0.1) is 12.7 Å². The average molecular weight is 255 g/mol. The van der Waals surface area contributed by atoms with E-state index < -0.39 is 11.8 Å². The Balaban J connectivity index is 2.64. The molecule has 1 aromatic heterocycles. The fraction of sp³-hybridized carbons (Fsp3) is 0.0909. The van der Waals surface area contributed by atoms with Crippen molar-refractivity contribution in [3.8, 4) is 5.69 Å². The predicted molar refractivity (Wildman–Crippen MR) is 60.2 cm³/mol. The maximum absolute atomic E-state index is 13.6. The first-order valence-corrected chi connectivity index (χ1v) is 5.13. The van der Waals surface area contributed by atoms with Gasteiger partial charge in [-0.1, -0.05) is 17.7 Å². The van der Waals surface area contributed by atoms with Gasteiger partial charge in [-0.3, -0.25) is 0 Å². The second kappa shape index (κ2) is 4.18. The lowest BCUT2D eigenvalue weighted by molar-refractivity contribution is 0.0690. The highest BCUT2D eigenvalue weighted by atomic mass is 35.5. The minimum atomic E-state index is -1.17. The molecule has 2 aromatic rings. The molecule has 0 atom stereocenters. The number of carboxylic acid groups (broad SMARTS) is 1. The minimum absolute atomic E-state index is 0.0548. The van der Waals surface area contributed by atoms with Gasteiger partial charge in [0, 0.05) is 5.69 Å². The van der Waals surface area contributed by atoms with Gasteiger partial charge in [0.1, 0.15) is 11.5 Å². The molecule has 1 heterocycles. The quantitative estimate of drug-likeness (QED) is 0.896. The van der Waals surface area contributed by atoms with E-state index >= 15 is 0 Å². The van der Waals surface area contributed by atoms with Crippen molar-refractivity contribution in [3.63, 3.8) is 0 Å². The summed E-state index contributed by atoms with van der Waals surface area (Å²) >= 11 is 5.88. The van der Waals surface area contributed by atoms with Gasteiger partial charge < -0.3 is 5.11 Å². The fourth-order valence-corrected chi connectivity index (χ4v) is 1.74. The molecular formula is C11H8ClFN2O2. The van der Waals surface area contributed by atoms with E-state index in [2.05, 4.69) is 5.10 Å². The smallest absolute Gasteiger partial charge is 0.356 e. The Hall–Kier alpha value is -1.88. The van der Waals surface area contributed by atoms with Gasteiger partial charge >= 0.3 is 5.97 Å². The van der Waals surface area contributed by atoms with Crippen LogP contribution in [0.5, 0.6) is 0 Å². The zero-order valence-electron chi connectivity index (χ0n) is 8.82. The zero-order valence-corrected chi connectivity index (χ0v) is 9.57. The first kappa shape index (κ1) is 11.6. The number of para-hydroxylation sites is 1. The van der Waals surface area contributed by atoms with Crippen LogP contribution in [0.2, 0.25) is 5.02 Å². The average Bonchev–Trinajstić information content (AvgIpc) is 2.61. The number of aryl methyl sites for hydroxylation is 1. The van der Waals surface area contributed by atoms with Crippen LogP contribution in [0.15, 0.2) is 24.3 Å². The van der Waals surface area contributed by atoms with Crippen molar-refractivity contribution in [1.29, 1.82) is 0 Å². The molecule has 0 radical (unpaired) electrons. The third-order valence-electron chi connectivity index (χ3n) is 2.26. The Morgan fingerprint density at radius 1 is 1.53 bits per heavy atom. The highest BCUT2D eigenvalue weighted by molar-refractivity contribution is 6.32. The molecule has 0 spiro atoms. The summed E-state index contributed by atoms with van der Waals surface area (Å²) in [5, 5.41) is 12.8. The topological polar surface area (TPSA) is 55.1 Å². The van der Waals surface area contributed by atoms with Gasteiger partial charge in [0.15, 0.2) is 5.69 Å². The van der Waals surface area contributed by atoms with Gasteiger partial charge in [-0.05, 0) is 25.1 Å². The number of aromatic nitrogens is 2. The highest BCUT2D eigenvalue weighted by Crippen LogP contribution is 2.24. The number of hydrogen-bond acceptors (Lipinski definition) is 2. The molecule has 0 aliphatic heterocycles. The lowest BCUT2D eigenvalue weighted by atomic mass is 10.3. The van der Waals surface area contributed by atoms with Gasteiger partial charge in [0.05, 0.1) is 5.02 Å². The van der Waals surface area contributed by atoms with Crippen LogP contribution in [0.25, 0.3) is 5.69 Å². The van der Waals surface area contributed by atoms with Gasteiger partial charge in [-0.25, -0.2) is 13.9 Å². The molecule has 0 aliphatic carbocycles. The summed E-state index contributed by atoms with van der Waals surface area (Å²) < 4.78 is 14.8. The Labute approximate surface area is 101 Å². The van der Waals surface area contributed by atoms with E-state index in [0.29, 0.717) is 5.69 Å². The van der Waals surface area contributed by atoms with E-state index in [9.17, 15) is 9.18 Å². The lowest BCUT2D eigenvalue weighted by Crippen LogP contribution is -2.05. The van der Waals surface area contributed by atoms with Crippen molar-refractivity contribution in [1.82, 2.24) is 9.78 Å². The Bertz CT molecular complexity index is 575. The summed E-state index contributed by atoms with van der Waals surface area (Å²) in [6.07, 6.45) is 0. The number of hydrogen-bond donors (Lipinski definition) is 1. The van der Waals surface area contributed by atoms with Crippen LogP contribution >= 0.6 is 11.6 Å². The summed E-state index contributed by atoms with van der Waals surface area (Å²) in [5.74, 6) is -1.72. The summed E-state index contributed by atoms with van der Waals surface area (Å²) in [6.45, 7) is 1.63. The molecule has 0 fully saturated rings. The van der Waals surface area contributed by atoms with Gasteiger partial charge in [-0.15, -0.1) is 0 Å². The summed E-state index contributed by atoms with van der Waals surface area (Å²) in [6, 6.07) is 5.58. The second-order valence-corrected chi connectivity index (χ2v) is 3.87. The van der Waals surface area contributed by atoms with E-state index in [1.807, 2.05) is 0 Å². The lowest BCUT2D eigenvalue weighted by Gasteiger charge is -2.07. The summed E-state index contributed by atoms with van der Waals surface area (Å²) in [5.41, 5.74) is 0.399. The Kier molecular flexibility index (Phi) is 2.85. The highest BCUT2D eigenvalue weighted by Gasteiger charge is 2.16. The van der Waals surface area contributed by atoms with E-state index in [1.54, 1.807) is 6.92 Å². The molecular weight excluding hydrogens is 247 g/mol. The molecule has 17 heavy (non-hydrogen) atoms. The van der Waals surface area contributed by atoms with Crippen LogP contribution < -0.4 is 0 Å². The minimum Gasteiger partial charge on any atom is -0.476 e. The van der Waals surface area contributed by atoms with Crippen molar-refractivity contribution in [3.05, 3.63) is 46.5 Å². The molecule has 2 rings (SSSR count). The Morgan fingerprint density at radius 3 is 2.76 bits per heavy atom. The van der Waals surface area contributed by atoms with Crippen molar-refractivity contribution >= 4 is 17.6 Å². The number of benzene rings is 1. The van der Waals surface area contributed by atoms with E-state index in [1.165, 1.54) is 28.9 Å². The SMILES string of the molecule is Cc1cc(C(=O)O)nn1-c1c(F)cccc1Cl. The van der Waals surface area contributed by atoms with Crippen LogP contribution in [0.4, 0.5) is 4.39 Å². The number of halogens is 2. The van der Waals surface area contributed by atoms with Crippen LogP contribution in [-0.4, -0.2) is 20.9 Å². The number of aromatic carboxylic acids is 1. The van der Waals surface area contributed by atoms with Crippen molar-refractivity contribution in [2.24, 2.45) is 0 Å². The molecule has 88 valence electrons. The Morgan fingerprint density at radius 2 is 2.24 bits per heavy atom. The monoisotopic (exact) mass is 254 g/mol. The number of rotatable bonds is 2. The van der Waals surface area contributed by atoms with Crippen LogP contribution in [0.3, 0.4) is 0 Å². The normalized spacial score (nSPS) is 10.5. The predicted octanol–water partition coefficient (Wildman–Crippen LogP) is 2.67. The summed E-state index contributed by atoms with van der Waals surface area (Å²) in [4.78, 5) is 10.8. The van der Waals surface area contributed by atoms with E-state index in [-0.39, 0.29) is 16.4 Å². The second-order valence-electron chi connectivity index (χ2n) is 3.46. The van der Waals surface area contributed by atoms with E-state index in [0.717, 1.165) is 0 Å². The van der Waals surface area contributed by atoms with Crippen molar-refractivity contribution < 1.29 is 14.3 Å². The molecule has 1 aromatic carbocycles. The molecule has 0 aliphatic rings. The largest absolute Gasteiger partial charge is 0.476 e. The number of nitrogens with zero attached hydrogens (tertiary/aromatic N) is 2. The standard InChI is InChI=1S/C11H8ClFN2O2/c1-6-5-9(11(16)17)14-15(6)10-7(12)3-2-4-8(10)13/h2-5H,1H3,(H,16,17). The first-order valence-electron chi connectivity index (χ1n) is 4.75. The summed E-state index contributed by atoms with van der Waals surface area (Å²) in [7, 11) is 0. The molecule has 0 saturated heterocycles. The number of carbonyl (C=O) groups is 1. The molecule has 0 amide bonds. The maximum Gasteiger partial charge on any atom is 0.356 e. The van der Waals surface area contributed by atoms with Crippen LogP contribution in [0.1, 0.15) is 16.2 Å². The first-order chi connectivity index (χ1) is 8.00. The molecule has 6 heteroatoms. The third-order valence-corrected chi connectivity index (χ3v) is 2.56. The van der Waals surface area contributed by atoms with E-state index in [4.69, 9.17) is 16.7 Å². The van der Waals surface area contributed by atoms with Gasteiger partial charge in [0.2, 0.25) is 0 Å². The molecule has 4 nitrogen and oxygen atoms in total. The molecule has 0 saturated carbocycles. The molecule has 0 unspecified atom stereocenters. The number of carboxylic acids is 1. The zero-order chi connectivity index (χ0) is 12.6. The van der Waals surface area contributed by atoms with Gasteiger partial charge in [0.25, 0.3) is 0 Å². The maximum atomic E-state index is 13.6. The van der Waals surface area contributed by atoms with Crippen molar-refractivity contribution in [2.75, 3.05) is 0 Å². The fourth-order valence-electron chi connectivity index (χ4n) is 1.50.